The summed E-state index contributed by atoms with van der Waals surface area (Å²) in [6.45, 7) is 31.3. The van der Waals surface area contributed by atoms with E-state index in [0.29, 0.717) is 0 Å². The highest BCUT2D eigenvalue weighted by atomic mass is 32.7. The summed E-state index contributed by atoms with van der Waals surface area (Å²) in [6, 6.07) is 11.2. The van der Waals surface area contributed by atoms with Gasteiger partial charge in [-0.1, -0.05) is 124 Å². The van der Waals surface area contributed by atoms with Crippen LogP contribution in [0.1, 0.15) is 0 Å². The van der Waals surface area contributed by atoms with E-state index in [9.17, 15) is 0 Å². The molecule has 0 N–H and O–H groups in total. The van der Waals surface area contributed by atoms with Crippen molar-refractivity contribution in [2.75, 3.05) is 0 Å². The molecule has 0 bridgehead atoms. The number of hydrogen-bond donors (Lipinski definition) is 0. The van der Waals surface area contributed by atoms with Gasteiger partial charge in [0.2, 0.25) is 0 Å². The molecule has 0 spiro atoms. The Morgan fingerprint density at radius 1 is 0.577 bits per heavy atom. The molecule has 1 aromatic rings. The molecule has 0 atom stereocenters. The van der Waals surface area contributed by atoms with Crippen LogP contribution in [0.4, 0.5) is 0 Å². The molecule has 0 aliphatic carbocycles. The van der Waals surface area contributed by atoms with Gasteiger partial charge in [0, 0.05) is 4.90 Å². The van der Waals surface area contributed by atoms with Crippen molar-refractivity contribution in [1.29, 1.82) is 0 Å². The Hall–Kier alpha value is 0.478. The van der Waals surface area contributed by atoms with E-state index in [0.717, 1.165) is 0 Å². The molecule has 1 aromatic carbocycles. The fourth-order valence-corrected chi connectivity index (χ4v) is 48.6. The molecule has 0 aliphatic rings. The average Bonchev–Trinajstić information content (AvgIpc) is 2.32. The van der Waals surface area contributed by atoms with E-state index in [4.69, 9.17) is 0 Å². The topological polar surface area (TPSA) is 0 Å². The van der Waals surface area contributed by atoms with E-state index in [2.05, 4.69) is 120 Å². The summed E-state index contributed by atoms with van der Waals surface area (Å²) in [5.41, 5.74) is 0. The molecule has 1 rings (SSSR count). The first-order valence-electron chi connectivity index (χ1n) is 9.74. The van der Waals surface area contributed by atoms with Gasteiger partial charge in [0.05, 0.1) is 32.3 Å². The highest BCUT2D eigenvalue weighted by molar-refractivity contribution is 8.56. The molecule has 26 heavy (non-hydrogen) atoms. The van der Waals surface area contributed by atoms with Crippen molar-refractivity contribution in [1.82, 2.24) is 0 Å². The summed E-state index contributed by atoms with van der Waals surface area (Å²) in [5, 5.41) is 0. The van der Waals surface area contributed by atoms with E-state index in [1.54, 1.807) is 0 Å². The van der Waals surface area contributed by atoms with Crippen molar-refractivity contribution in [3.63, 3.8) is 0 Å². The maximum Gasteiger partial charge on any atom is 0.0737 e. The summed E-state index contributed by atoms with van der Waals surface area (Å²) < 4.78 is 4.10. The third-order valence-corrected chi connectivity index (χ3v) is 35.3. The van der Waals surface area contributed by atoms with Crippen molar-refractivity contribution in [3.05, 3.63) is 30.3 Å². The lowest BCUT2D eigenvalue weighted by atomic mass is 10.4. The van der Waals surface area contributed by atoms with E-state index in [1.807, 2.05) is 9.08 Å². The molecule has 0 unspecified atom stereocenters. The van der Waals surface area contributed by atoms with Crippen molar-refractivity contribution < 1.29 is 0 Å². The first-order chi connectivity index (χ1) is 11.5. The Morgan fingerprint density at radius 3 is 1.15 bits per heavy atom. The van der Waals surface area contributed by atoms with Crippen molar-refractivity contribution in [3.8, 4) is 0 Å². The fourth-order valence-electron chi connectivity index (χ4n) is 4.26. The monoisotopic (exact) mass is 456 g/mol. The SMILES string of the molecule is C[Si](C)(C)C(=P(Sc1ccccc1)=C([Si](C)(C)C)[Si](C)(C)C)[Si](C)(C)C. The first-order valence-corrected chi connectivity index (χ1v) is 26.5. The molecule has 0 nitrogen and oxygen atoms in total. The van der Waals surface area contributed by atoms with Gasteiger partial charge in [0.1, 0.15) is 0 Å². The molecule has 0 saturated heterocycles. The Morgan fingerprint density at radius 2 is 0.885 bits per heavy atom. The predicted molar refractivity (Wildman–Crippen MR) is 143 cm³/mol. The molecule has 0 heterocycles. The summed E-state index contributed by atoms with van der Waals surface area (Å²) in [7, 11) is -5.40. The maximum atomic E-state index is 2.60. The van der Waals surface area contributed by atoms with Crippen LogP contribution in [-0.2, 0) is 0 Å². The summed E-state index contributed by atoms with van der Waals surface area (Å²) >= 11 is 2.24. The van der Waals surface area contributed by atoms with Gasteiger partial charge < -0.3 is 0 Å². The van der Waals surface area contributed by atoms with Gasteiger partial charge in [-0.3, -0.25) is 0 Å². The zero-order valence-corrected chi connectivity index (χ0v) is 25.0. The van der Waals surface area contributed by atoms with Crippen LogP contribution in [0, 0.1) is 0 Å². The Balaban J connectivity index is 4.12. The minimum Gasteiger partial charge on any atom is -0.0780 e. The van der Waals surface area contributed by atoms with Crippen LogP contribution in [0.15, 0.2) is 35.2 Å². The van der Waals surface area contributed by atoms with Crippen LogP contribution in [-0.4, -0.2) is 41.4 Å². The summed E-state index contributed by atoms with van der Waals surface area (Å²) in [5.74, 6) is 0. The largest absolute Gasteiger partial charge is 0.0780 e. The quantitative estimate of drug-likeness (QED) is 0.308. The number of hydrogen-bond acceptors (Lipinski definition) is 1. The van der Waals surface area contributed by atoms with E-state index < -0.39 is 32.3 Å². The zero-order valence-electron chi connectivity index (χ0n) is 19.2. The lowest BCUT2D eigenvalue weighted by Gasteiger charge is -2.38. The van der Waals surface area contributed by atoms with Crippen LogP contribution in [0.3, 0.4) is 0 Å². The molecule has 0 aliphatic heterocycles. The molecule has 0 saturated carbocycles. The van der Waals surface area contributed by atoms with Crippen LogP contribution < -0.4 is 0 Å². The van der Waals surface area contributed by atoms with Crippen LogP contribution in [0.5, 0.6) is 0 Å². The standard InChI is InChI=1S/C20H41PSSi4/c1-23(2,3)19(24(4,5)6)21(22-18-16-14-13-15-17-18)20(25(7,8)9)26(10,11)12/h13-17H,1-12H3. The number of benzene rings is 1. The minimum absolute atomic E-state index is 0.219. The van der Waals surface area contributed by atoms with Gasteiger partial charge in [-0.2, -0.15) is 0 Å². The molecule has 0 amide bonds. The third-order valence-electron chi connectivity index (χ3n) is 4.19. The number of rotatable bonds is 6. The molecular weight excluding hydrogens is 416 g/mol. The molecule has 0 aromatic heterocycles. The average molecular weight is 457 g/mol. The van der Waals surface area contributed by atoms with Gasteiger partial charge >= 0.3 is 0 Å². The van der Waals surface area contributed by atoms with Crippen LogP contribution >= 0.6 is 17.8 Å². The molecule has 148 valence electrons. The zero-order chi connectivity index (χ0) is 20.6. The Labute approximate surface area is 172 Å². The van der Waals surface area contributed by atoms with Gasteiger partial charge in [-0.05, 0) is 12.1 Å². The van der Waals surface area contributed by atoms with Crippen molar-refractivity contribution >= 4 is 59.1 Å². The first kappa shape index (κ1) is 24.5. The lowest BCUT2D eigenvalue weighted by Crippen LogP contribution is -2.52. The maximum absolute atomic E-state index is 2.60. The fraction of sp³-hybridized carbons (Fsp3) is 0.600. The second-order valence-corrected chi connectivity index (χ2v) is 37.9. The van der Waals surface area contributed by atoms with Gasteiger partial charge in [-0.15, -0.1) is 0 Å². The summed E-state index contributed by atoms with van der Waals surface area (Å²) in [6.07, 6.45) is -0.219. The van der Waals surface area contributed by atoms with Gasteiger partial charge in [0.25, 0.3) is 0 Å². The van der Waals surface area contributed by atoms with Gasteiger partial charge in [-0.25, -0.2) is 0 Å². The van der Waals surface area contributed by atoms with Crippen LogP contribution in [0.2, 0.25) is 78.6 Å². The highest BCUT2D eigenvalue weighted by Crippen LogP contribution is 2.46. The van der Waals surface area contributed by atoms with Crippen molar-refractivity contribution in [2.45, 2.75) is 83.5 Å². The minimum atomic E-state index is -1.35. The summed E-state index contributed by atoms with van der Waals surface area (Å²) in [4.78, 5) is 1.47. The normalized spacial score (nSPS) is 13.5. The second-order valence-electron chi connectivity index (χ2n) is 11.4. The second kappa shape index (κ2) is 8.46. The van der Waals surface area contributed by atoms with Crippen LogP contribution in [0.25, 0.3) is 0 Å². The predicted octanol–water partition coefficient (Wildman–Crippen LogP) is 8.03. The molecule has 0 fully saturated rings. The van der Waals surface area contributed by atoms with E-state index >= 15 is 0 Å². The Kier molecular flexibility index (Phi) is 7.98. The smallest absolute Gasteiger partial charge is 0.0737 e. The molecular formula is C20H41PSSi4. The lowest BCUT2D eigenvalue weighted by molar-refractivity contribution is 1.48. The third kappa shape index (κ3) is 6.82. The molecule has 0 radical (unpaired) electrons. The van der Waals surface area contributed by atoms with Gasteiger partial charge in [0.15, 0.2) is 0 Å². The molecule has 6 heteroatoms. The highest BCUT2D eigenvalue weighted by Gasteiger charge is 2.38. The van der Waals surface area contributed by atoms with Crippen molar-refractivity contribution in [2.24, 2.45) is 0 Å². The van der Waals surface area contributed by atoms with E-state index in [-0.39, 0.29) is 6.37 Å². The van der Waals surface area contributed by atoms with E-state index in [1.165, 1.54) is 4.90 Å². The Bertz CT molecular complexity index is 633.